The van der Waals surface area contributed by atoms with E-state index in [1.807, 2.05) is 20.8 Å². The number of nitrogens with zero attached hydrogens (tertiary/aromatic N) is 4. The molecule has 2 amide bonds. The van der Waals surface area contributed by atoms with Gasteiger partial charge < -0.3 is 20.7 Å². The number of nitriles is 1. The summed E-state index contributed by atoms with van der Waals surface area (Å²) >= 11 is 0. The molecule has 0 aliphatic carbocycles. The lowest BCUT2D eigenvalue weighted by molar-refractivity contribution is -0.127. The second-order valence-corrected chi connectivity index (χ2v) is 10.6. The molecule has 0 spiro atoms. The molecule has 0 bridgehead atoms. The quantitative estimate of drug-likeness (QED) is 0.298. The number of hydrogen-bond acceptors (Lipinski definition) is 8. The van der Waals surface area contributed by atoms with Crippen LogP contribution >= 0.6 is 0 Å². The summed E-state index contributed by atoms with van der Waals surface area (Å²) in [6.07, 6.45) is 5.83. The van der Waals surface area contributed by atoms with Crippen LogP contribution in [-0.4, -0.2) is 58.1 Å². The first-order valence-corrected chi connectivity index (χ1v) is 13.8. The zero-order valence-electron chi connectivity index (χ0n) is 23.8. The van der Waals surface area contributed by atoms with Crippen molar-refractivity contribution in [1.29, 1.82) is 5.26 Å². The fourth-order valence-electron chi connectivity index (χ4n) is 4.08. The van der Waals surface area contributed by atoms with Crippen molar-refractivity contribution in [3.63, 3.8) is 0 Å². The van der Waals surface area contributed by atoms with Gasteiger partial charge in [0.1, 0.15) is 17.5 Å². The third-order valence-corrected chi connectivity index (χ3v) is 6.04. The number of nitrogens with one attached hydrogen (secondary N) is 3. The Labute approximate surface area is 236 Å². The standard InChI is InChI=1S/C30H39N7O3/c1-5-17-32-26-23(21-34-28(36-26)35-24-15-13-22(20-31)14-16-24)11-7-6-9-18-33-27(38)25-12-8-10-19-37(25)29(39)40-30(2,3)4/h13-16,21,25H,5-6,8-10,12,17-19H2,1-4H3,(H,33,38)(H2,32,34,35,36)/t25-/m1/s1. The van der Waals surface area contributed by atoms with Gasteiger partial charge in [-0.2, -0.15) is 10.2 Å². The molecule has 1 aromatic heterocycles. The molecule has 3 N–H and O–H groups in total. The maximum atomic E-state index is 12.8. The Hall–Kier alpha value is -4.31. The monoisotopic (exact) mass is 545 g/mol. The van der Waals surface area contributed by atoms with Gasteiger partial charge in [-0.1, -0.05) is 18.8 Å². The molecule has 0 radical (unpaired) electrons. The SMILES string of the molecule is CCCNc1nc(Nc2ccc(C#N)cc2)ncc1C#CCCCNC(=O)[C@H]1CCCCN1C(=O)OC(C)(C)C. The minimum absolute atomic E-state index is 0.150. The van der Waals surface area contributed by atoms with Crippen molar-refractivity contribution in [1.82, 2.24) is 20.2 Å². The number of benzene rings is 1. The second kappa shape index (κ2) is 14.7. The van der Waals surface area contributed by atoms with Crippen molar-refractivity contribution < 1.29 is 14.3 Å². The lowest BCUT2D eigenvalue weighted by Crippen LogP contribution is -2.53. The van der Waals surface area contributed by atoms with Crippen LogP contribution in [0.3, 0.4) is 0 Å². The molecular weight excluding hydrogens is 506 g/mol. The van der Waals surface area contributed by atoms with E-state index >= 15 is 0 Å². The number of ether oxygens (including phenoxy) is 1. The molecule has 2 aromatic rings. The van der Waals surface area contributed by atoms with Crippen LogP contribution in [0.2, 0.25) is 0 Å². The third kappa shape index (κ3) is 9.46. The van der Waals surface area contributed by atoms with E-state index in [0.717, 1.165) is 31.5 Å². The van der Waals surface area contributed by atoms with E-state index in [1.165, 1.54) is 0 Å². The summed E-state index contributed by atoms with van der Waals surface area (Å²) < 4.78 is 5.50. The number of piperidine rings is 1. The van der Waals surface area contributed by atoms with Crippen molar-refractivity contribution in [2.45, 2.75) is 77.9 Å². The first kappa shape index (κ1) is 30.2. The Morgan fingerprint density at radius 2 is 1.95 bits per heavy atom. The molecule has 1 aromatic carbocycles. The highest BCUT2D eigenvalue weighted by molar-refractivity contribution is 5.85. The van der Waals surface area contributed by atoms with Crippen LogP contribution in [0.1, 0.15) is 77.3 Å². The molecule has 1 aliphatic heterocycles. The van der Waals surface area contributed by atoms with Crippen molar-refractivity contribution in [3.8, 4) is 17.9 Å². The molecular formula is C30H39N7O3. The summed E-state index contributed by atoms with van der Waals surface area (Å²) in [7, 11) is 0. The average Bonchev–Trinajstić information content (AvgIpc) is 2.94. The lowest BCUT2D eigenvalue weighted by atomic mass is 10.0. The number of hydrogen-bond donors (Lipinski definition) is 3. The summed E-state index contributed by atoms with van der Waals surface area (Å²) in [6, 6.07) is 8.66. The van der Waals surface area contributed by atoms with E-state index in [2.05, 4.69) is 50.8 Å². The van der Waals surface area contributed by atoms with Crippen molar-refractivity contribution in [2.24, 2.45) is 0 Å². The number of rotatable bonds is 9. The van der Waals surface area contributed by atoms with Crippen LogP contribution in [-0.2, 0) is 9.53 Å². The lowest BCUT2D eigenvalue weighted by Gasteiger charge is -2.35. The van der Waals surface area contributed by atoms with E-state index in [9.17, 15) is 9.59 Å². The molecule has 10 heteroatoms. The number of amides is 2. The molecule has 1 saturated heterocycles. The van der Waals surface area contributed by atoms with Gasteiger partial charge in [-0.15, -0.1) is 0 Å². The van der Waals surface area contributed by atoms with Gasteiger partial charge in [-0.3, -0.25) is 9.69 Å². The van der Waals surface area contributed by atoms with E-state index in [0.29, 0.717) is 55.2 Å². The van der Waals surface area contributed by atoms with Gasteiger partial charge in [0.25, 0.3) is 0 Å². The zero-order chi connectivity index (χ0) is 29.0. The first-order chi connectivity index (χ1) is 19.2. The van der Waals surface area contributed by atoms with Crippen LogP contribution < -0.4 is 16.0 Å². The summed E-state index contributed by atoms with van der Waals surface area (Å²) in [5.41, 5.74) is 1.45. The van der Waals surface area contributed by atoms with Gasteiger partial charge in [0, 0.05) is 31.7 Å². The molecule has 10 nitrogen and oxygen atoms in total. The van der Waals surface area contributed by atoms with Gasteiger partial charge in [-0.25, -0.2) is 9.78 Å². The number of likely N-dealkylation sites (tertiary alicyclic amines) is 1. The number of anilines is 3. The van der Waals surface area contributed by atoms with Crippen molar-refractivity contribution >= 4 is 29.5 Å². The van der Waals surface area contributed by atoms with Gasteiger partial charge in [0.05, 0.1) is 23.4 Å². The predicted octanol–water partition coefficient (Wildman–Crippen LogP) is 4.95. The predicted molar refractivity (Wildman–Crippen MR) is 155 cm³/mol. The molecule has 1 fully saturated rings. The third-order valence-electron chi connectivity index (χ3n) is 6.04. The van der Waals surface area contributed by atoms with Crippen LogP contribution in [0, 0.1) is 23.2 Å². The number of carbonyl (C=O) groups is 2. The van der Waals surface area contributed by atoms with Crippen LogP contribution in [0.4, 0.5) is 22.2 Å². The minimum atomic E-state index is -0.604. The van der Waals surface area contributed by atoms with Crippen molar-refractivity contribution in [3.05, 3.63) is 41.6 Å². The molecule has 3 rings (SSSR count). The van der Waals surface area contributed by atoms with E-state index in [-0.39, 0.29) is 5.91 Å². The van der Waals surface area contributed by atoms with Crippen molar-refractivity contribution in [2.75, 3.05) is 30.3 Å². The normalized spacial score (nSPS) is 14.8. The van der Waals surface area contributed by atoms with E-state index in [4.69, 9.17) is 10.00 Å². The molecule has 40 heavy (non-hydrogen) atoms. The van der Waals surface area contributed by atoms with E-state index < -0.39 is 17.7 Å². The maximum Gasteiger partial charge on any atom is 0.410 e. The van der Waals surface area contributed by atoms with Gasteiger partial charge in [-0.05, 0) is 77.1 Å². The fourth-order valence-corrected chi connectivity index (χ4v) is 4.08. The highest BCUT2D eigenvalue weighted by Crippen LogP contribution is 2.21. The smallest absolute Gasteiger partial charge is 0.410 e. The van der Waals surface area contributed by atoms with Gasteiger partial charge >= 0.3 is 6.09 Å². The molecule has 0 unspecified atom stereocenters. The Morgan fingerprint density at radius 3 is 2.65 bits per heavy atom. The number of unbranched alkanes of at least 4 members (excludes halogenated alkanes) is 1. The Balaban J connectivity index is 1.53. The highest BCUT2D eigenvalue weighted by Gasteiger charge is 2.34. The van der Waals surface area contributed by atoms with Gasteiger partial charge in [0.2, 0.25) is 11.9 Å². The molecule has 0 saturated carbocycles. The van der Waals surface area contributed by atoms with Crippen LogP contribution in [0.15, 0.2) is 30.5 Å². The largest absolute Gasteiger partial charge is 0.444 e. The fraction of sp³-hybridized carbons (Fsp3) is 0.500. The summed E-state index contributed by atoms with van der Waals surface area (Å²) in [4.78, 5) is 35.9. The number of aromatic nitrogens is 2. The van der Waals surface area contributed by atoms with Crippen LogP contribution in [0.25, 0.3) is 0 Å². The Kier molecular flexibility index (Phi) is 11.1. The summed E-state index contributed by atoms with van der Waals surface area (Å²) in [5.74, 6) is 7.22. The van der Waals surface area contributed by atoms with Crippen LogP contribution in [0.5, 0.6) is 0 Å². The van der Waals surface area contributed by atoms with Gasteiger partial charge in [0.15, 0.2) is 0 Å². The molecule has 2 heterocycles. The maximum absolute atomic E-state index is 12.8. The summed E-state index contributed by atoms with van der Waals surface area (Å²) in [6.45, 7) is 9.28. The summed E-state index contributed by atoms with van der Waals surface area (Å²) in [5, 5.41) is 18.4. The topological polar surface area (TPSA) is 132 Å². The average molecular weight is 546 g/mol. The molecule has 1 aliphatic rings. The highest BCUT2D eigenvalue weighted by atomic mass is 16.6. The number of carbonyl (C=O) groups excluding carboxylic acids is 2. The zero-order valence-corrected chi connectivity index (χ0v) is 23.8. The minimum Gasteiger partial charge on any atom is -0.444 e. The first-order valence-electron chi connectivity index (χ1n) is 13.8. The van der Waals surface area contributed by atoms with E-state index in [1.54, 1.807) is 35.4 Å². The molecule has 1 atom stereocenters. The Morgan fingerprint density at radius 1 is 1.18 bits per heavy atom. The second-order valence-electron chi connectivity index (χ2n) is 10.6. The molecule has 212 valence electrons. The Bertz CT molecular complexity index is 1250.